The van der Waals surface area contributed by atoms with E-state index in [1.165, 1.54) is 0 Å². The molecule has 4 heteroatoms. The van der Waals surface area contributed by atoms with Crippen LogP contribution in [0.5, 0.6) is 0 Å². The van der Waals surface area contributed by atoms with Crippen LogP contribution in [0.25, 0.3) is 0 Å². The quantitative estimate of drug-likeness (QED) is 0.397. The third-order valence-electron chi connectivity index (χ3n) is 0. The molecule has 2 nitrogen and oxygen atoms in total. The Morgan fingerprint density at radius 2 is 1.00 bits per heavy atom. The van der Waals surface area contributed by atoms with Crippen molar-refractivity contribution in [3.8, 4) is 0 Å². The molecule has 4 heavy (non-hydrogen) atoms. The molecular weight excluding hydrogens is 105 g/mol. The van der Waals surface area contributed by atoms with Crippen LogP contribution in [-0.4, -0.2) is 22.8 Å². The van der Waals surface area contributed by atoms with Gasteiger partial charge in [0, 0.05) is 39.1 Å². The van der Waals surface area contributed by atoms with Crippen LogP contribution in [0.3, 0.4) is 0 Å². The second-order valence-corrected chi connectivity index (χ2v) is 0. The molecule has 0 aromatic carbocycles. The fourth-order valence-electron chi connectivity index (χ4n) is 0. The van der Waals surface area contributed by atoms with Crippen LogP contribution in [0.4, 0.5) is 0 Å². The zero-order chi connectivity index (χ0) is 0. The SMILES string of the molecule is N.O.[Al].[Ti]. The molecule has 0 atom stereocenters. The van der Waals surface area contributed by atoms with Crippen molar-refractivity contribution in [2.75, 3.05) is 0 Å². The molecule has 0 aromatic heterocycles. The molecule has 0 amide bonds. The fourth-order valence-corrected chi connectivity index (χ4v) is 0. The molecule has 5 N–H and O–H groups in total. The van der Waals surface area contributed by atoms with Crippen molar-refractivity contribution in [2.45, 2.75) is 0 Å². The summed E-state index contributed by atoms with van der Waals surface area (Å²) >= 11 is 0. The molecule has 0 rings (SSSR count). The van der Waals surface area contributed by atoms with Gasteiger partial charge in [-0.3, -0.25) is 0 Å². The van der Waals surface area contributed by atoms with Crippen LogP contribution in [-0.2, 0) is 21.7 Å². The zero-order valence-corrected chi connectivity index (χ0v) is 5.00. The molecule has 0 aliphatic rings. The van der Waals surface area contributed by atoms with Crippen molar-refractivity contribution < 1.29 is 27.2 Å². The van der Waals surface area contributed by atoms with E-state index < -0.39 is 0 Å². The van der Waals surface area contributed by atoms with E-state index in [0.717, 1.165) is 0 Å². The van der Waals surface area contributed by atoms with Gasteiger partial charge in [-0.05, 0) is 0 Å². The first-order valence-electron chi connectivity index (χ1n) is 0. The summed E-state index contributed by atoms with van der Waals surface area (Å²) in [6, 6.07) is 0. The second-order valence-electron chi connectivity index (χ2n) is 0. The number of hydrogen-bond acceptors (Lipinski definition) is 1. The normalized spacial score (nSPS) is 0. The molecule has 0 bridgehead atoms. The topological polar surface area (TPSA) is 66.5 Å². The van der Waals surface area contributed by atoms with Crippen LogP contribution in [0.2, 0.25) is 0 Å². The zero-order valence-electron chi connectivity index (χ0n) is 2.28. The second kappa shape index (κ2) is 30.7. The molecular formula is H5AlNOTi. The minimum atomic E-state index is 0. The largest absolute Gasteiger partial charge is 0.412 e. The van der Waals surface area contributed by atoms with Crippen LogP contribution < -0.4 is 6.15 Å². The van der Waals surface area contributed by atoms with Gasteiger partial charge < -0.3 is 11.6 Å². The van der Waals surface area contributed by atoms with Gasteiger partial charge in [0.1, 0.15) is 0 Å². The average molecular weight is 110 g/mol. The maximum atomic E-state index is 0. The molecule has 3 radical (unpaired) electrons. The van der Waals surface area contributed by atoms with Gasteiger partial charge in [0.2, 0.25) is 0 Å². The van der Waals surface area contributed by atoms with E-state index in [4.69, 9.17) is 0 Å². The summed E-state index contributed by atoms with van der Waals surface area (Å²) in [6.45, 7) is 0. The minimum absolute atomic E-state index is 0. The monoisotopic (exact) mass is 110 g/mol. The first kappa shape index (κ1) is 65.9. The molecule has 0 unspecified atom stereocenters. The summed E-state index contributed by atoms with van der Waals surface area (Å²) in [4.78, 5) is 0. The molecule has 0 aliphatic carbocycles. The Hall–Kier alpha value is 1.17. The molecule has 0 saturated carbocycles. The van der Waals surface area contributed by atoms with E-state index in [1.807, 2.05) is 0 Å². The van der Waals surface area contributed by atoms with E-state index in [2.05, 4.69) is 0 Å². The van der Waals surface area contributed by atoms with Crippen molar-refractivity contribution in [3.63, 3.8) is 0 Å². The summed E-state index contributed by atoms with van der Waals surface area (Å²) in [6.07, 6.45) is 0. The molecule has 0 aliphatic heterocycles. The van der Waals surface area contributed by atoms with E-state index >= 15 is 0 Å². The van der Waals surface area contributed by atoms with Crippen molar-refractivity contribution in [1.82, 2.24) is 6.15 Å². The predicted octanol–water partition coefficient (Wildman–Crippen LogP) is -1.05. The van der Waals surface area contributed by atoms with Crippen LogP contribution in [0.1, 0.15) is 0 Å². The molecule has 0 aromatic rings. The maximum Gasteiger partial charge on any atom is 0 e. The van der Waals surface area contributed by atoms with E-state index in [0.29, 0.717) is 0 Å². The molecule has 0 heterocycles. The number of rotatable bonds is 0. The summed E-state index contributed by atoms with van der Waals surface area (Å²) < 4.78 is 0. The van der Waals surface area contributed by atoms with Crippen molar-refractivity contribution in [3.05, 3.63) is 0 Å². The number of hydrogen-bond donors (Lipinski definition) is 1. The predicted molar refractivity (Wildman–Crippen MR) is 14.4 cm³/mol. The van der Waals surface area contributed by atoms with Gasteiger partial charge in [-0.15, -0.1) is 0 Å². The smallest absolute Gasteiger partial charge is 0 e. The Kier molecular flexibility index (Phi) is 506. The third-order valence-corrected chi connectivity index (χ3v) is 0. The summed E-state index contributed by atoms with van der Waals surface area (Å²) in [5, 5.41) is 0. The Morgan fingerprint density at radius 3 is 1.00 bits per heavy atom. The van der Waals surface area contributed by atoms with Crippen LogP contribution >= 0.6 is 0 Å². The van der Waals surface area contributed by atoms with Gasteiger partial charge in [-0.2, -0.15) is 0 Å². The van der Waals surface area contributed by atoms with Crippen LogP contribution in [0, 0.1) is 0 Å². The third kappa shape index (κ3) is 10.9. The molecule has 23 valence electrons. The Bertz CT molecular complexity index is 8.00. The van der Waals surface area contributed by atoms with Crippen LogP contribution in [0.15, 0.2) is 0 Å². The molecule has 0 fully saturated rings. The van der Waals surface area contributed by atoms with E-state index in [9.17, 15) is 0 Å². The summed E-state index contributed by atoms with van der Waals surface area (Å²) in [5.41, 5.74) is 0. The van der Waals surface area contributed by atoms with Crippen molar-refractivity contribution in [2.24, 2.45) is 0 Å². The maximum absolute atomic E-state index is 0. The summed E-state index contributed by atoms with van der Waals surface area (Å²) in [5.74, 6) is 0. The van der Waals surface area contributed by atoms with Gasteiger partial charge in [-0.1, -0.05) is 0 Å². The Balaban J connectivity index is 0. The van der Waals surface area contributed by atoms with Gasteiger partial charge in [-0.25, -0.2) is 0 Å². The van der Waals surface area contributed by atoms with Crippen molar-refractivity contribution in [1.29, 1.82) is 0 Å². The van der Waals surface area contributed by atoms with Gasteiger partial charge in [0.25, 0.3) is 0 Å². The van der Waals surface area contributed by atoms with E-state index in [1.54, 1.807) is 0 Å². The first-order valence-corrected chi connectivity index (χ1v) is 0. The molecule has 0 saturated heterocycles. The molecule has 0 spiro atoms. The van der Waals surface area contributed by atoms with Gasteiger partial charge in [0.15, 0.2) is 0 Å². The van der Waals surface area contributed by atoms with Gasteiger partial charge in [0.05, 0.1) is 0 Å². The van der Waals surface area contributed by atoms with E-state index in [-0.39, 0.29) is 50.7 Å². The standard InChI is InChI=1S/Al.H3N.H2O.Ti/h;1H3;1H2;. The Morgan fingerprint density at radius 1 is 1.00 bits per heavy atom. The minimum Gasteiger partial charge on any atom is -0.412 e. The Labute approximate surface area is 50.9 Å². The van der Waals surface area contributed by atoms with Crippen molar-refractivity contribution >= 4 is 17.4 Å². The van der Waals surface area contributed by atoms with Gasteiger partial charge >= 0.3 is 0 Å². The average Bonchev–Trinajstić information content (AvgIpc) is 0. The fraction of sp³-hybridized carbons (Fsp3) is 0. The summed E-state index contributed by atoms with van der Waals surface area (Å²) in [7, 11) is 0. The first-order chi connectivity index (χ1) is 0.